The number of fused-ring (bicyclic) bond motifs is 8. The van der Waals surface area contributed by atoms with E-state index in [1.165, 1.54) is 10.6 Å². The average molecular weight is 942 g/mol. The number of ketones is 1. The first-order valence-corrected chi connectivity index (χ1v) is 23.6. The summed E-state index contributed by atoms with van der Waals surface area (Å²) in [7, 11) is 0. The van der Waals surface area contributed by atoms with E-state index in [9.17, 15) is 33.9 Å². The van der Waals surface area contributed by atoms with E-state index in [0.29, 0.717) is 64.7 Å². The normalized spacial score (nSPS) is 18.0. The second-order valence-corrected chi connectivity index (χ2v) is 19.4. The van der Waals surface area contributed by atoms with Gasteiger partial charge < -0.3 is 39.8 Å². The van der Waals surface area contributed by atoms with Crippen LogP contribution in [-0.2, 0) is 58.6 Å². The molecule has 3 atom stereocenters. The van der Waals surface area contributed by atoms with Gasteiger partial charge in [0.1, 0.15) is 25.1 Å². The molecule has 5 aromatic rings. The van der Waals surface area contributed by atoms with Crippen molar-refractivity contribution in [1.82, 2.24) is 25.5 Å². The van der Waals surface area contributed by atoms with Crippen LogP contribution in [-0.4, -0.2) is 75.7 Å². The van der Waals surface area contributed by atoms with E-state index < -0.39 is 58.5 Å². The number of aryl methyl sites for hydroxylation is 1. The number of halogens is 1. The van der Waals surface area contributed by atoms with Crippen LogP contribution in [0.4, 0.5) is 9.18 Å². The van der Waals surface area contributed by atoms with Gasteiger partial charge in [-0.05, 0) is 105 Å². The van der Waals surface area contributed by atoms with Crippen LogP contribution in [0.3, 0.4) is 0 Å². The van der Waals surface area contributed by atoms with E-state index in [1.807, 2.05) is 57.2 Å². The molecule has 3 aromatic carbocycles. The summed E-state index contributed by atoms with van der Waals surface area (Å²) in [5.41, 5.74) is 5.12. The Hall–Kier alpha value is -6.78. The number of alkyl carbamates (subject to hydrolysis) is 1. The second kappa shape index (κ2) is 18.6. The Bertz CT molecular complexity index is 2970. The number of unbranched alkanes of at least 4 members (excludes halogenated alkanes) is 1. The van der Waals surface area contributed by atoms with Gasteiger partial charge in [0.2, 0.25) is 11.8 Å². The van der Waals surface area contributed by atoms with Gasteiger partial charge in [-0.15, -0.1) is 0 Å². The highest BCUT2D eigenvalue weighted by Gasteiger charge is 2.46. The maximum Gasteiger partial charge on any atom is 0.407 e. The monoisotopic (exact) mass is 941 g/mol. The Morgan fingerprint density at radius 1 is 0.986 bits per heavy atom. The Morgan fingerprint density at radius 3 is 2.38 bits per heavy atom. The number of hydrogen-bond donors (Lipinski definition) is 4. The molecule has 0 saturated carbocycles. The molecule has 3 amide bonds. The molecule has 2 aliphatic heterocycles. The van der Waals surface area contributed by atoms with Gasteiger partial charge in [-0.2, -0.15) is 0 Å². The van der Waals surface area contributed by atoms with Crippen LogP contribution in [0.5, 0.6) is 0 Å². The number of nitrogens with one attached hydrogen (secondary N) is 3. The molecule has 0 unspecified atom stereocenters. The summed E-state index contributed by atoms with van der Waals surface area (Å²) in [6.07, 6.45) is 0.916. The van der Waals surface area contributed by atoms with E-state index in [4.69, 9.17) is 19.2 Å². The second-order valence-electron chi connectivity index (χ2n) is 19.4. The van der Waals surface area contributed by atoms with Crippen molar-refractivity contribution in [3.63, 3.8) is 0 Å². The SMILES string of the molecule is CC[C@@]1(O)C(=O)OCc2c1cc1n(c2=O)Cc2c-1nc1cc(F)c(C)c3c1c2[C@@H](NC(=O)[C@H](COC(C)(C)C)NC(=O)CCCCC(=O)CNC(=O)OCC1c2ccccc2-c2ccccc21)CC3. The summed E-state index contributed by atoms with van der Waals surface area (Å²) >= 11 is 0. The number of aromatic nitrogens is 2. The van der Waals surface area contributed by atoms with Crippen molar-refractivity contribution < 1.29 is 47.7 Å². The minimum Gasteiger partial charge on any atom is -0.458 e. The number of aliphatic hydroxyl groups is 1. The summed E-state index contributed by atoms with van der Waals surface area (Å²) in [6.45, 7) is 8.35. The average Bonchev–Trinajstić information content (AvgIpc) is 3.86. The molecule has 4 heterocycles. The zero-order valence-electron chi connectivity index (χ0n) is 39.4. The lowest BCUT2D eigenvalue weighted by Gasteiger charge is -2.31. The molecule has 0 bridgehead atoms. The summed E-state index contributed by atoms with van der Waals surface area (Å²) in [4.78, 5) is 85.0. The molecule has 4 aliphatic rings. The molecular formula is C53H56FN5O10. The van der Waals surface area contributed by atoms with Gasteiger partial charge in [-0.1, -0.05) is 55.5 Å². The van der Waals surface area contributed by atoms with Crippen molar-refractivity contribution in [3.05, 3.63) is 121 Å². The first-order valence-electron chi connectivity index (χ1n) is 23.6. The summed E-state index contributed by atoms with van der Waals surface area (Å²) in [5.74, 6) is -2.56. The van der Waals surface area contributed by atoms with Crippen molar-refractivity contribution in [1.29, 1.82) is 0 Å². The number of Topliss-reactive ketones (excluding diaryl/α,β-unsaturated/α-hetero) is 1. The predicted octanol–water partition coefficient (Wildman–Crippen LogP) is 6.60. The van der Waals surface area contributed by atoms with Crippen molar-refractivity contribution in [2.75, 3.05) is 19.8 Å². The lowest BCUT2D eigenvalue weighted by Crippen LogP contribution is -2.51. The number of rotatable bonds is 15. The summed E-state index contributed by atoms with van der Waals surface area (Å²) in [5, 5.41) is 20.6. The van der Waals surface area contributed by atoms with Crippen LogP contribution in [0, 0.1) is 12.7 Å². The molecule has 0 radical (unpaired) electrons. The molecule has 16 heteroatoms. The van der Waals surface area contributed by atoms with E-state index in [0.717, 1.165) is 27.8 Å². The highest BCUT2D eigenvalue weighted by Crippen LogP contribution is 2.47. The van der Waals surface area contributed by atoms with Crippen molar-refractivity contribution in [2.24, 2.45) is 0 Å². The van der Waals surface area contributed by atoms with E-state index in [2.05, 4.69) is 28.1 Å². The molecular weight excluding hydrogens is 886 g/mol. The maximum absolute atomic E-state index is 15.5. The Balaban J connectivity index is 0.847. The molecule has 15 nitrogen and oxygen atoms in total. The molecule has 2 aromatic heterocycles. The van der Waals surface area contributed by atoms with Crippen LogP contribution < -0.4 is 21.5 Å². The van der Waals surface area contributed by atoms with Crippen LogP contribution in [0.15, 0.2) is 65.5 Å². The smallest absolute Gasteiger partial charge is 0.407 e. The fourth-order valence-corrected chi connectivity index (χ4v) is 10.3. The third-order valence-electron chi connectivity index (χ3n) is 13.9. The molecule has 4 N–H and O–H groups in total. The third kappa shape index (κ3) is 8.91. The third-order valence-corrected chi connectivity index (χ3v) is 13.9. The molecule has 0 fully saturated rings. The Labute approximate surface area is 398 Å². The Morgan fingerprint density at radius 2 is 1.68 bits per heavy atom. The van der Waals surface area contributed by atoms with E-state index >= 15 is 4.39 Å². The van der Waals surface area contributed by atoms with Crippen molar-refractivity contribution in [2.45, 2.75) is 122 Å². The van der Waals surface area contributed by atoms with Gasteiger partial charge in [-0.3, -0.25) is 19.2 Å². The highest BCUT2D eigenvalue weighted by molar-refractivity contribution is 5.95. The van der Waals surface area contributed by atoms with Crippen molar-refractivity contribution >= 4 is 40.6 Å². The molecule has 2 aliphatic carbocycles. The van der Waals surface area contributed by atoms with Gasteiger partial charge in [0, 0.05) is 41.3 Å². The highest BCUT2D eigenvalue weighted by atomic mass is 19.1. The van der Waals surface area contributed by atoms with Crippen LogP contribution in [0.25, 0.3) is 33.4 Å². The van der Waals surface area contributed by atoms with E-state index in [-0.39, 0.29) is 75.0 Å². The van der Waals surface area contributed by atoms with Gasteiger partial charge in [0.15, 0.2) is 11.4 Å². The standard InChI is InChI=1S/C53H56FN5O10/c1-6-53(66)38-21-43-47-35(24-59(43)49(63)37(38)26-67-50(53)64)46-40(20-19-30-28(2)39(54)22-41(57-47)45(30)46)58-48(62)42(27-69-52(3,4)5)56-44(61)18-12-7-13-29(60)23-55-51(65)68-25-36-33-16-10-8-14-31(33)32-15-9-11-17-34(32)36/h8-11,14-17,21-22,36,40,42,66H,6-7,12-13,18-20,23-27H2,1-5H3,(H,55,65)(H,56,61)(H,58,62)/t40-,42-,53-/m0/s1. The maximum atomic E-state index is 15.5. The van der Waals surface area contributed by atoms with Gasteiger partial charge in [-0.25, -0.2) is 19.0 Å². The number of hydrogen-bond acceptors (Lipinski definition) is 11. The Kier molecular flexibility index (Phi) is 12.8. The molecule has 69 heavy (non-hydrogen) atoms. The zero-order valence-corrected chi connectivity index (χ0v) is 39.4. The molecule has 9 rings (SSSR count). The van der Waals surface area contributed by atoms with Crippen molar-refractivity contribution in [3.8, 4) is 22.5 Å². The topological polar surface area (TPSA) is 204 Å². The van der Waals surface area contributed by atoms with Crippen LogP contribution >= 0.6 is 0 Å². The van der Waals surface area contributed by atoms with Gasteiger partial charge >= 0.3 is 12.1 Å². The summed E-state index contributed by atoms with van der Waals surface area (Å²) in [6, 6.07) is 17.2. The number of carbonyl (C=O) groups excluding carboxylic acids is 5. The largest absolute Gasteiger partial charge is 0.458 e. The number of benzene rings is 3. The molecule has 0 saturated heterocycles. The number of nitrogens with zero attached hydrogens (tertiary/aromatic N) is 2. The quantitative estimate of drug-likeness (QED) is 0.0638. The van der Waals surface area contributed by atoms with Gasteiger partial charge in [0.25, 0.3) is 5.56 Å². The first-order chi connectivity index (χ1) is 33.0. The van der Waals surface area contributed by atoms with E-state index in [1.54, 1.807) is 19.9 Å². The first kappa shape index (κ1) is 47.3. The fraction of sp³-hybridized carbons (Fsp3) is 0.415. The summed E-state index contributed by atoms with van der Waals surface area (Å²) < 4.78 is 33.8. The number of carbonyl (C=O) groups is 5. The predicted molar refractivity (Wildman–Crippen MR) is 253 cm³/mol. The number of pyridine rings is 2. The molecule has 360 valence electrons. The minimum atomic E-state index is -2.04. The number of ether oxygens (including phenoxy) is 3. The number of cyclic esters (lactones) is 1. The zero-order chi connectivity index (χ0) is 48.9. The minimum absolute atomic E-state index is 0.0211. The van der Waals surface area contributed by atoms with Crippen LogP contribution in [0.1, 0.15) is 123 Å². The number of amides is 3. The fourth-order valence-electron chi connectivity index (χ4n) is 10.3. The lowest BCUT2D eigenvalue weighted by molar-refractivity contribution is -0.172. The number of esters is 1. The van der Waals surface area contributed by atoms with Gasteiger partial charge in [0.05, 0.1) is 53.8 Å². The van der Waals surface area contributed by atoms with Crippen LogP contribution in [0.2, 0.25) is 0 Å². The molecule has 0 spiro atoms. The lowest BCUT2D eigenvalue weighted by atomic mass is 9.81.